The average molecular weight is 481 g/mol. The van der Waals surface area contributed by atoms with Crippen LogP contribution in [-0.4, -0.2) is 10.7 Å². The monoisotopic (exact) mass is 480 g/mol. The third-order valence-electron chi connectivity index (χ3n) is 6.13. The number of H-pyrrole nitrogens is 1. The van der Waals surface area contributed by atoms with E-state index in [9.17, 15) is 0 Å². The number of halogens is 1. The molecule has 0 amide bonds. The number of fused-ring (bicyclic) bond motifs is 4. The number of hydrogen-bond acceptors (Lipinski definition) is 2. The van der Waals surface area contributed by atoms with Crippen molar-refractivity contribution >= 4 is 55.5 Å². The van der Waals surface area contributed by atoms with Gasteiger partial charge in [0.05, 0.1) is 16.9 Å². The summed E-state index contributed by atoms with van der Waals surface area (Å²) in [5, 5.41) is 1.09. The van der Waals surface area contributed by atoms with E-state index in [0.29, 0.717) is 0 Å². The van der Waals surface area contributed by atoms with Crippen molar-refractivity contribution in [2.24, 2.45) is 4.99 Å². The SMILES string of the molecule is Cc1cc(C)c(C2=NC(=Cc3cc4oc5ccccc5c4[nH]3)c3cc(Br)ccc32)c(C)c1. The maximum absolute atomic E-state index is 6.02. The van der Waals surface area contributed by atoms with E-state index in [1.807, 2.05) is 18.2 Å². The number of benzene rings is 3. The van der Waals surface area contributed by atoms with Crippen molar-refractivity contribution in [1.29, 1.82) is 0 Å². The van der Waals surface area contributed by atoms with Crippen LogP contribution in [0.2, 0.25) is 0 Å². The number of nitrogens with zero attached hydrogens (tertiary/aromatic N) is 1. The van der Waals surface area contributed by atoms with Gasteiger partial charge in [0.1, 0.15) is 5.58 Å². The standard InChI is InChI=1S/C28H21BrN2O/c1-15-10-16(2)26(17(3)11-15)28-20-9-8-18(29)12-22(20)23(31-28)13-19-14-25-27(30-19)21-6-4-5-7-24(21)32-25/h4-14,30H,1-3H3. The number of furan rings is 1. The lowest BCUT2D eigenvalue weighted by molar-refractivity contribution is 0.669. The molecule has 1 N–H and O–H groups in total. The third-order valence-corrected chi connectivity index (χ3v) is 6.62. The second kappa shape index (κ2) is 7.07. The van der Waals surface area contributed by atoms with E-state index in [1.54, 1.807) is 0 Å². The lowest BCUT2D eigenvalue weighted by Crippen LogP contribution is -2.06. The number of para-hydroxylation sites is 1. The molecule has 0 saturated carbocycles. The van der Waals surface area contributed by atoms with Crippen molar-refractivity contribution in [3.63, 3.8) is 0 Å². The molecule has 1 aliphatic heterocycles. The van der Waals surface area contributed by atoms with Gasteiger partial charge in [0.25, 0.3) is 0 Å². The van der Waals surface area contributed by atoms with Crippen molar-refractivity contribution in [2.75, 3.05) is 0 Å². The number of nitrogens with one attached hydrogen (secondary N) is 1. The Morgan fingerprint density at radius 2 is 1.66 bits per heavy atom. The normalized spacial score (nSPS) is 14.5. The zero-order valence-electron chi connectivity index (χ0n) is 18.1. The molecular formula is C28H21BrN2O. The first-order valence-corrected chi connectivity index (χ1v) is 11.5. The zero-order chi connectivity index (χ0) is 22.0. The highest BCUT2D eigenvalue weighted by atomic mass is 79.9. The van der Waals surface area contributed by atoms with Crippen molar-refractivity contribution < 1.29 is 4.42 Å². The molecule has 32 heavy (non-hydrogen) atoms. The Balaban J connectivity index is 1.54. The molecule has 6 rings (SSSR count). The van der Waals surface area contributed by atoms with Gasteiger partial charge in [0.15, 0.2) is 5.58 Å². The molecule has 0 aliphatic carbocycles. The molecule has 0 unspecified atom stereocenters. The van der Waals surface area contributed by atoms with Gasteiger partial charge in [-0.3, -0.25) is 0 Å². The first-order valence-electron chi connectivity index (χ1n) is 10.7. The van der Waals surface area contributed by atoms with Gasteiger partial charge in [-0.05, 0) is 62.2 Å². The van der Waals surface area contributed by atoms with Gasteiger partial charge in [-0.25, -0.2) is 4.99 Å². The molecular weight excluding hydrogens is 460 g/mol. The summed E-state index contributed by atoms with van der Waals surface area (Å²) in [5.74, 6) is 0. The number of aromatic nitrogens is 1. The summed E-state index contributed by atoms with van der Waals surface area (Å²) in [4.78, 5) is 8.66. The topological polar surface area (TPSA) is 41.3 Å². The quantitative estimate of drug-likeness (QED) is 0.273. The van der Waals surface area contributed by atoms with Crippen molar-refractivity contribution in [2.45, 2.75) is 20.8 Å². The van der Waals surface area contributed by atoms with E-state index in [-0.39, 0.29) is 0 Å². The molecule has 3 heterocycles. The Morgan fingerprint density at radius 1 is 0.875 bits per heavy atom. The number of aromatic amines is 1. The van der Waals surface area contributed by atoms with Crippen LogP contribution in [0, 0.1) is 20.8 Å². The first-order chi connectivity index (χ1) is 15.5. The van der Waals surface area contributed by atoms with Gasteiger partial charge < -0.3 is 9.40 Å². The molecule has 0 fully saturated rings. The number of rotatable bonds is 2. The van der Waals surface area contributed by atoms with E-state index >= 15 is 0 Å². The molecule has 0 radical (unpaired) electrons. The molecule has 5 aromatic rings. The maximum atomic E-state index is 6.02. The van der Waals surface area contributed by atoms with Crippen LogP contribution in [-0.2, 0) is 0 Å². The smallest absolute Gasteiger partial charge is 0.153 e. The molecule has 4 heteroatoms. The van der Waals surface area contributed by atoms with E-state index in [2.05, 4.69) is 90.2 Å². The predicted molar refractivity (Wildman–Crippen MR) is 136 cm³/mol. The lowest BCUT2D eigenvalue weighted by Gasteiger charge is -2.12. The van der Waals surface area contributed by atoms with Crippen LogP contribution in [0.1, 0.15) is 39.1 Å². The number of hydrogen-bond donors (Lipinski definition) is 1. The molecule has 0 saturated heterocycles. The molecule has 0 atom stereocenters. The van der Waals surface area contributed by atoms with Crippen molar-refractivity contribution in [3.05, 3.63) is 104 Å². The molecule has 0 spiro atoms. The zero-order valence-corrected chi connectivity index (χ0v) is 19.7. The Morgan fingerprint density at radius 3 is 2.47 bits per heavy atom. The predicted octanol–water partition coefficient (Wildman–Crippen LogP) is 7.95. The van der Waals surface area contributed by atoms with Crippen LogP contribution in [0.3, 0.4) is 0 Å². The summed E-state index contributed by atoms with van der Waals surface area (Å²) in [6, 6.07) is 21.0. The fourth-order valence-corrected chi connectivity index (χ4v) is 5.23. The van der Waals surface area contributed by atoms with Gasteiger partial charge in [-0.1, -0.05) is 51.8 Å². The van der Waals surface area contributed by atoms with Crippen molar-refractivity contribution in [3.8, 4) is 0 Å². The minimum absolute atomic E-state index is 0.861. The Hall–Kier alpha value is -3.37. The lowest BCUT2D eigenvalue weighted by atomic mass is 9.92. The fraction of sp³-hybridized carbons (Fsp3) is 0.107. The van der Waals surface area contributed by atoms with E-state index < -0.39 is 0 Å². The Kier molecular flexibility index (Phi) is 4.27. The average Bonchev–Trinajstić information content (AvgIpc) is 3.39. The minimum atomic E-state index is 0.861. The number of aryl methyl sites for hydroxylation is 3. The van der Waals surface area contributed by atoms with E-state index in [4.69, 9.17) is 9.41 Å². The van der Waals surface area contributed by atoms with Crippen LogP contribution in [0.4, 0.5) is 0 Å². The molecule has 3 nitrogen and oxygen atoms in total. The molecule has 3 aromatic carbocycles. The van der Waals surface area contributed by atoms with Gasteiger partial charge >= 0.3 is 0 Å². The van der Waals surface area contributed by atoms with Crippen molar-refractivity contribution in [1.82, 2.24) is 4.98 Å². The second-order valence-electron chi connectivity index (χ2n) is 8.52. The molecule has 0 bridgehead atoms. The molecule has 1 aliphatic rings. The van der Waals surface area contributed by atoms with Gasteiger partial charge in [0, 0.05) is 38.3 Å². The summed E-state index contributed by atoms with van der Waals surface area (Å²) in [7, 11) is 0. The summed E-state index contributed by atoms with van der Waals surface area (Å²) in [6.45, 7) is 6.48. The number of aliphatic imine (C=N–C) groups is 1. The summed E-state index contributed by atoms with van der Waals surface area (Å²) in [5.41, 5.74) is 13.0. The molecule has 2 aromatic heterocycles. The summed E-state index contributed by atoms with van der Waals surface area (Å²) >= 11 is 3.64. The van der Waals surface area contributed by atoms with Crippen LogP contribution in [0.15, 0.2) is 74.5 Å². The second-order valence-corrected chi connectivity index (χ2v) is 9.43. The van der Waals surface area contributed by atoms with Gasteiger partial charge in [0.2, 0.25) is 0 Å². The van der Waals surface area contributed by atoms with Gasteiger partial charge in [-0.2, -0.15) is 0 Å². The highest BCUT2D eigenvalue weighted by Gasteiger charge is 2.24. The van der Waals surface area contributed by atoms with Crippen LogP contribution >= 0.6 is 15.9 Å². The fourth-order valence-electron chi connectivity index (χ4n) is 4.87. The summed E-state index contributed by atoms with van der Waals surface area (Å²) in [6.07, 6.45) is 2.11. The minimum Gasteiger partial charge on any atom is -0.454 e. The van der Waals surface area contributed by atoms with Gasteiger partial charge in [-0.15, -0.1) is 0 Å². The first kappa shape index (κ1) is 19.3. The summed E-state index contributed by atoms with van der Waals surface area (Å²) < 4.78 is 7.06. The Labute approximate surface area is 194 Å². The van der Waals surface area contributed by atoms with Crippen LogP contribution < -0.4 is 0 Å². The largest absolute Gasteiger partial charge is 0.454 e. The van der Waals surface area contributed by atoms with Crippen LogP contribution in [0.25, 0.3) is 33.8 Å². The maximum Gasteiger partial charge on any atom is 0.153 e. The highest BCUT2D eigenvalue weighted by molar-refractivity contribution is 9.10. The molecule has 156 valence electrons. The van der Waals surface area contributed by atoms with E-state index in [1.165, 1.54) is 22.3 Å². The third kappa shape index (κ3) is 2.98. The Bertz CT molecular complexity index is 1590. The highest BCUT2D eigenvalue weighted by Crippen LogP contribution is 2.37. The van der Waals surface area contributed by atoms with Crippen LogP contribution in [0.5, 0.6) is 0 Å². The van der Waals surface area contributed by atoms with E-state index in [0.717, 1.165) is 54.8 Å².